The molecule has 0 aromatic carbocycles. The van der Waals surface area contributed by atoms with Crippen molar-refractivity contribution in [2.75, 3.05) is 30.0 Å². The Balaban J connectivity index is 3.34. The van der Waals surface area contributed by atoms with E-state index in [-0.39, 0.29) is 16.5 Å². The number of hydrogen-bond donors (Lipinski definition) is 1. The standard InChI is InChI=1S/C8H15N3O2S2/c1-4-11(3)8-6(7(9)10-14-8)15(12,13)5-2/h4-5H2,1-3H3,(H2,9,10). The SMILES string of the molecule is CCN(C)c1snc(N)c1S(=O)(=O)CC. The summed E-state index contributed by atoms with van der Waals surface area (Å²) in [5.74, 6) is 0.150. The average Bonchev–Trinajstić information content (AvgIpc) is 2.59. The van der Waals surface area contributed by atoms with Crippen LogP contribution in [-0.4, -0.2) is 32.1 Å². The number of anilines is 2. The van der Waals surface area contributed by atoms with Crippen molar-refractivity contribution in [2.45, 2.75) is 18.7 Å². The van der Waals surface area contributed by atoms with Crippen molar-refractivity contribution >= 4 is 32.2 Å². The van der Waals surface area contributed by atoms with E-state index in [1.807, 2.05) is 18.9 Å². The minimum absolute atomic E-state index is 0.0418. The highest BCUT2D eigenvalue weighted by molar-refractivity contribution is 7.91. The Morgan fingerprint density at radius 1 is 1.47 bits per heavy atom. The van der Waals surface area contributed by atoms with Crippen molar-refractivity contribution in [3.8, 4) is 0 Å². The number of nitrogens with two attached hydrogens (primary N) is 1. The van der Waals surface area contributed by atoms with Crippen LogP contribution < -0.4 is 10.6 Å². The van der Waals surface area contributed by atoms with Crippen LogP contribution in [0.3, 0.4) is 0 Å². The van der Waals surface area contributed by atoms with Crippen molar-refractivity contribution in [1.82, 2.24) is 4.37 Å². The first-order valence-electron chi connectivity index (χ1n) is 4.63. The minimum atomic E-state index is -3.29. The Morgan fingerprint density at radius 2 is 2.07 bits per heavy atom. The van der Waals surface area contributed by atoms with Crippen LogP contribution in [0.2, 0.25) is 0 Å². The third-order valence-electron chi connectivity index (χ3n) is 2.17. The Morgan fingerprint density at radius 3 is 2.53 bits per heavy atom. The van der Waals surface area contributed by atoms with Crippen molar-refractivity contribution in [1.29, 1.82) is 0 Å². The molecule has 0 aliphatic rings. The van der Waals surface area contributed by atoms with E-state index >= 15 is 0 Å². The lowest BCUT2D eigenvalue weighted by Crippen LogP contribution is -2.18. The molecule has 5 nitrogen and oxygen atoms in total. The molecule has 1 aromatic heterocycles. The molecular formula is C8H15N3O2S2. The van der Waals surface area contributed by atoms with Gasteiger partial charge in [0.15, 0.2) is 15.7 Å². The minimum Gasteiger partial charge on any atom is -0.382 e. The molecule has 0 radical (unpaired) electrons. The molecule has 86 valence electrons. The number of rotatable bonds is 4. The molecule has 2 N–H and O–H groups in total. The normalized spacial score (nSPS) is 11.7. The van der Waals surface area contributed by atoms with Crippen LogP contribution in [-0.2, 0) is 9.84 Å². The highest BCUT2D eigenvalue weighted by atomic mass is 32.2. The van der Waals surface area contributed by atoms with Gasteiger partial charge in [0.1, 0.15) is 9.90 Å². The fourth-order valence-corrected chi connectivity index (χ4v) is 3.47. The molecule has 0 saturated heterocycles. The molecule has 0 aliphatic heterocycles. The fraction of sp³-hybridized carbons (Fsp3) is 0.625. The molecule has 0 fully saturated rings. The van der Waals surface area contributed by atoms with E-state index < -0.39 is 9.84 Å². The van der Waals surface area contributed by atoms with Crippen molar-refractivity contribution in [3.63, 3.8) is 0 Å². The maximum Gasteiger partial charge on any atom is 0.184 e. The zero-order chi connectivity index (χ0) is 11.6. The summed E-state index contributed by atoms with van der Waals surface area (Å²) in [7, 11) is -1.47. The first-order chi connectivity index (χ1) is 6.94. The van der Waals surface area contributed by atoms with Crippen LogP contribution in [0.15, 0.2) is 4.90 Å². The largest absolute Gasteiger partial charge is 0.382 e. The van der Waals surface area contributed by atoms with Crippen molar-refractivity contribution < 1.29 is 8.42 Å². The first-order valence-corrected chi connectivity index (χ1v) is 7.05. The molecule has 0 aliphatic carbocycles. The van der Waals surface area contributed by atoms with Gasteiger partial charge < -0.3 is 10.6 Å². The molecule has 1 heterocycles. The third-order valence-corrected chi connectivity index (χ3v) is 5.06. The van der Waals surface area contributed by atoms with Crippen LogP contribution in [0.25, 0.3) is 0 Å². The van der Waals surface area contributed by atoms with Crippen molar-refractivity contribution in [3.05, 3.63) is 0 Å². The molecular weight excluding hydrogens is 234 g/mol. The third kappa shape index (κ3) is 2.23. The lowest BCUT2D eigenvalue weighted by molar-refractivity contribution is 0.597. The van der Waals surface area contributed by atoms with Gasteiger partial charge in [-0.3, -0.25) is 0 Å². The van der Waals surface area contributed by atoms with E-state index in [1.54, 1.807) is 6.92 Å². The van der Waals surface area contributed by atoms with Gasteiger partial charge in [0.05, 0.1) is 5.75 Å². The maximum absolute atomic E-state index is 11.8. The monoisotopic (exact) mass is 249 g/mol. The van der Waals surface area contributed by atoms with Crippen LogP contribution in [0.4, 0.5) is 10.8 Å². The second-order valence-corrected chi connectivity index (χ2v) is 6.09. The summed E-state index contributed by atoms with van der Waals surface area (Å²) in [4.78, 5) is 2.01. The Kier molecular flexibility index (Phi) is 3.56. The van der Waals surface area contributed by atoms with Gasteiger partial charge in [0.25, 0.3) is 0 Å². The van der Waals surface area contributed by atoms with E-state index in [0.717, 1.165) is 11.5 Å². The maximum atomic E-state index is 11.8. The van der Waals surface area contributed by atoms with Gasteiger partial charge in [-0.2, -0.15) is 4.37 Å². The van der Waals surface area contributed by atoms with Gasteiger partial charge in [-0.1, -0.05) is 6.92 Å². The van der Waals surface area contributed by atoms with Crippen LogP contribution in [0.5, 0.6) is 0 Å². The lowest BCUT2D eigenvalue weighted by atomic mass is 10.5. The predicted octanol–water partition coefficient (Wildman–Crippen LogP) is 0.975. The molecule has 1 aromatic rings. The second kappa shape index (κ2) is 4.36. The summed E-state index contributed by atoms with van der Waals surface area (Å²) in [6, 6.07) is 0. The number of hydrogen-bond acceptors (Lipinski definition) is 6. The summed E-state index contributed by atoms with van der Waals surface area (Å²) in [6.07, 6.45) is 0. The molecule has 0 atom stereocenters. The summed E-state index contributed by atoms with van der Waals surface area (Å²) >= 11 is 1.12. The summed E-state index contributed by atoms with van der Waals surface area (Å²) in [6.45, 7) is 4.26. The van der Waals surface area contributed by atoms with E-state index in [0.29, 0.717) is 11.5 Å². The topological polar surface area (TPSA) is 76.3 Å². The molecule has 7 heteroatoms. The van der Waals surface area contributed by atoms with Gasteiger partial charge in [0.2, 0.25) is 0 Å². The highest BCUT2D eigenvalue weighted by Gasteiger charge is 2.25. The first kappa shape index (κ1) is 12.3. The van der Waals surface area contributed by atoms with Gasteiger partial charge >= 0.3 is 0 Å². The Bertz CT molecular complexity index is 439. The predicted molar refractivity (Wildman–Crippen MR) is 63.2 cm³/mol. The van der Waals surface area contributed by atoms with E-state index in [9.17, 15) is 8.42 Å². The molecule has 0 spiro atoms. The highest BCUT2D eigenvalue weighted by Crippen LogP contribution is 2.34. The molecule has 0 bridgehead atoms. The molecule has 0 saturated carbocycles. The van der Waals surface area contributed by atoms with Crippen LogP contribution >= 0.6 is 11.5 Å². The number of aromatic nitrogens is 1. The lowest BCUT2D eigenvalue weighted by Gasteiger charge is -2.15. The number of nitrogen functional groups attached to an aromatic ring is 1. The Labute approximate surface area is 94.0 Å². The summed E-state index contributed by atoms with van der Waals surface area (Å²) < 4.78 is 27.5. The fourth-order valence-electron chi connectivity index (χ4n) is 1.11. The summed E-state index contributed by atoms with van der Waals surface area (Å²) in [5, 5.41) is 0.622. The van der Waals surface area contributed by atoms with E-state index in [1.165, 1.54) is 0 Å². The van der Waals surface area contributed by atoms with Gasteiger partial charge in [0, 0.05) is 13.6 Å². The van der Waals surface area contributed by atoms with Gasteiger partial charge in [-0.25, -0.2) is 8.42 Å². The smallest absolute Gasteiger partial charge is 0.184 e. The van der Waals surface area contributed by atoms with E-state index in [4.69, 9.17) is 5.73 Å². The van der Waals surface area contributed by atoms with Crippen molar-refractivity contribution in [2.24, 2.45) is 0 Å². The second-order valence-electron chi connectivity index (χ2n) is 3.12. The van der Waals surface area contributed by atoms with Crippen LogP contribution in [0.1, 0.15) is 13.8 Å². The number of nitrogens with zero attached hydrogens (tertiary/aromatic N) is 2. The quantitative estimate of drug-likeness (QED) is 0.860. The molecule has 0 amide bonds. The van der Waals surface area contributed by atoms with Gasteiger partial charge in [-0.15, -0.1) is 0 Å². The zero-order valence-electron chi connectivity index (χ0n) is 9.02. The molecule has 15 heavy (non-hydrogen) atoms. The Hall–Kier alpha value is -0.820. The van der Waals surface area contributed by atoms with Gasteiger partial charge in [-0.05, 0) is 18.5 Å². The average molecular weight is 249 g/mol. The van der Waals surface area contributed by atoms with Crippen LogP contribution in [0, 0.1) is 0 Å². The zero-order valence-corrected chi connectivity index (χ0v) is 10.7. The summed E-state index contributed by atoms with van der Waals surface area (Å²) in [5.41, 5.74) is 5.59. The van der Waals surface area contributed by atoms with E-state index in [2.05, 4.69) is 4.37 Å². The molecule has 1 rings (SSSR count). The molecule has 0 unspecified atom stereocenters. The number of sulfone groups is 1.